The smallest absolute Gasteiger partial charge is 0.320 e. The average molecular weight is 400 g/mol. The van der Waals surface area contributed by atoms with Gasteiger partial charge in [-0.3, -0.25) is 9.36 Å². The Balaban J connectivity index is 1.65. The van der Waals surface area contributed by atoms with Crippen LogP contribution in [0.15, 0.2) is 12.7 Å². The summed E-state index contributed by atoms with van der Waals surface area (Å²) < 4.78 is 6.57. The molecule has 1 saturated heterocycles. The number of aliphatic hydroxyl groups excluding tert-OH is 3. The van der Waals surface area contributed by atoms with E-state index in [1.165, 1.54) is 29.0 Å². The van der Waals surface area contributed by atoms with Crippen LogP contribution in [-0.2, 0) is 9.53 Å². The van der Waals surface area contributed by atoms with Crippen molar-refractivity contribution in [3.63, 3.8) is 0 Å². The Morgan fingerprint density at radius 1 is 1.33 bits per heavy atom. The molecule has 0 aliphatic carbocycles. The first-order valence-electron chi connectivity index (χ1n) is 8.07. The van der Waals surface area contributed by atoms with Crippen molar-refractivity contribution in [2.45, 2.75) is 37.2 Å². The number of anilines is 1. The summed E-state index contributed by atoms with van der Waals surface area (Å²) >= 11 is 1.46. The van der Waals surface area contributed by atoms with Crippen molar-refractivity contribution >= 4 is 34.7 Å². The number of ether oxygens (including phenoxy) is 1. The number of carboxylic acids is 1. The van der Waals surface area contributed by atoms with Crippen LogP contribution < -0.4 is 11.1 Å². The molecule has 12 nitrogen and oxygen atoms in total. The molecular weight excluding hydrogens is 380 g/mol. The predicted molar refractivity (Wildman–Crippen MR) is 94.6 cm³/mol. The summed E-state index contributed by atoms with van der Waals surface area (Å²) in [6.07, 6.45) is -2.27. The quantitative estimate of drug-likeness (QED) is 0.218. The number of carboxylic acid groups (broad SMARTS) is 1. The second kappa shape index (κ2) is 8.33. The zero-order valence-electron chi connectivity index (χ0n) is 14.0. The molecule has 1 fully saturated rings. The molecule has 2 aromatic rings. The van der Waals surface area contributed by atoms with Crippen LogP contribution in [0.2, 0.25) is 0 Å². The number of aliphatic hydroxyl groups is 3. The molecule has 5 atom stereocenters. The number of aliphatic carboxylic acids is 1. The number of fused-ring (bicyclic) bond motifs is 1. The largest absolute Gasteiger partial charge is 0.480 e. The number of nitrogens with two attached hydrogens (primary N) is 1. The summed E-state index contributed by atoms with van der Waals surface area (Å²) in [5.41, 5.74) is 6.22. The van der Waals surface area contributed by atoms with E-state index in [1.807, 2.05) is 0 Å². The van der Waals surface area contributed by atoms with Crippen LogP contribution in [0.3, 0.4) is 0 Å². The Morgan fingerprint density at radius 2 is 2.11 bits per heavy atom. The number of rotatable bonds is 8. The fourth-order valence-electron chi connectivity index (χ4n) is 2.56. The third-order valence-electron chi connectivity index (χ3n) is 4.08. The predicted octanol–water partition coefficient (Wildman–Crippen LogP) is -1.70. The second-order valence-electron chi connectivity index (χ2n) is 5.91. The maximum Gasteiger partial charge on any atom is 0.320 e. The molecule has 1 aliphatic rings. The summed E-state index contributed by atoms with van der Waals surface area (Å²) in [5.74, 6) is 0.423. The van der Waals surface area contributed by atoms with Gasteiger partial charge in [0.1, 0.15) is 24.6 Å². The minimum absolute atomic E-state index is 0.344. The van der Waals surface area contributed by atoms with Crippen LogP contribution in [0, 0.1) is 0 Å². The molecule has 7 N–H and O–H groups in total. The van der Waals surface area contributed by atoms with Crippen molar-refractivity contribution in [1.82, 2.24) is 19.5 Å². The number of aromatic nitrogens is 4. The molecule has 27 heavy (non-hydrogen) atoms. The summed E-state index contributed by atoms with van der Waals surface area (Å²) in [4.78, 5) is 23.1. The maximum absolute atomic E-state index is 10.7. The Bertz CT molecular complexity index is 805. The van der Waals surface area contributed by atoms with Crippen LogP contribution in [0.4, 0.5) is 5.82 Å². The molecule has 1 aliphatic heterocycles. The maximum atomic E-state index is 10.7. The van der Waals surface area contributed by atoms with Gasteiger partial charge in [-0.2, -0.15) is 0 Å². The standard InChI is InChI=1S/C14H20N6O6S/c15-6(13(23)24)1-2-27-5-19-10-7-11(17-3-16-10)20(4-18-7)12-8(21)9(22)14(25)26-12/h3-4,6,8-9,12,14,21-22,25H,1-2,5,15H2,(H,23,24)(H,16,17,19). The van der Waals surface area contributed by atoms with Crippen LogP contribution >= 0.6 is 11.8 Å². The molecule has 0 bridgehead atoms. The van der Waals surface area contributed by atoms with Gasteiger partial charge in [-0.05, 0) is 12.2 Å². The van der Waals surface area contributed by atoms with E-state index >= 15 is 0 Å². The van der Waals surface area contributed by atoms with Crippen LogP contribution in [0.5, 0.6) is 0 Å². The number of hydrogen-bond acceptors (Lipinski definition) is 11. The lowest BCUT2D eigenvalue weighted by Gasteiger charge is -2.16. The number of nitrogens with one attached hydrogen (secondary N) is 1. The summed E-state index contributed by atoms with van der Waals surface area (Å²) in [6, 6.07) is -0.887. The number of thioether (sulfide) groups is 1. The van der Waals surface area contributed by atoms with Gasteiger partial charge in [-0.15, -0.1) is 11.8 Å². The van der Waals surface area contributed by atoms with Crippen LogP contribution in [0.25, 0.3) is 11.2 Å². The normalized spacial score (nSPS) is 26.4. The first-order chi connectivity index (χ1) is 12.9. The van der Waals surface area contributed by atoms with Crippen LogP contribution in [-0.4, -0.2) is 82.1 Å². The van der Waals surface area contributed by atoms with Gasteiger partial charge in [0.15, 0.2) is 29.5 Å². The van der Waals surface area contributed by atoms with E-state index in [0.29, 0.717) is 35.0 Å². The Hall–Kier alpha value is -2.03. The zero-order valence-corrected chi connectivity index (χ0v) is 14.9. The zero-order chi connectivity index (χ0) is 19.6. The van der Waals surface area contributed by atoms with E-state index in [1.54, 1.807) is 0 Å². The molecule has 13 heteroatoms. The molecule has 3 heterocycles. The number of carbonyl (C=O) groups is 1. The van der Waals surface area contributed by atoms with Gasteiger partial charge in [0.25, 0.3) is 0 Å². The molecule has 148 valence electrons. The van der Waals surface area contributed by atoms with Crippen molar-refractivity contribution in [2.75, 3.05) is 16.9 Å². The fraction of sp³-hybridized carbons (Fsp3) is 0.571. The Morgan fingerprint density at radius 3 is 2.78 bits per heavy atom. The lowest BCUT2D eigenvalue weighted by molar-refractivity contribution is -0.141. The summed E-state index contributed by atoms with van der Waals surface area (Å²) in [5, 5.41) is 41.0. The van der Waals surface area contributed by atoms with E-state index in [4.69, 9.17) is 15.6 Å². The minimum atomic E-state index is -1.50. The van der Waals surface area contributed by atoms with Gasteiger partial charge >= 0.3 is 5.97 Å². The first-order valence-corrected chi connectivity index (χ1v) is 9.23. The van der Waals surface area contributed by atoms with Gasteiger partial charge in [0, 0.05) is 0 Å². The fourth-order valence-corrected chi connectivity index (χ4v) is 3.37. The lowest BCUT2D eigenvalue weighted by atomic mass is 10.2. The van der Waals surface area contributed by atoms with Crippen molar-refractivity contribution < 1.29 is 30.0 Å². The molecule has 3 rings (SSSR count). The topological polar surface area (TPSA) is 189 Å². The van der Waals surface area contributed by atoms with Crippen molar-refractivity contribution in [1.29, 1.82) is 0 Å². The highest BCUT2D eigenvalue weighted by Gasteiger charge is 2.43. The van der Waals surface area contributed by atoms with E-state index in [2.05, 4.69) is 20.3 Å². The second-order valence-corrected chi connectivity index (χ2v) is 7.01. The van der Waals surface area contributed by atoms with Crippen molar-refractivity contribution in [2.24, 2.45) is 5.73 Å². The molecule has 5 unspecified atom stereocenters. The van der Waals surface area contributed by atoms with E-state index < -0.39 is 36.7 Å². The highest BCUT2D eigenvalue weighted by Crippen LogP contribution is 2.31. The molecular formula is C14H20N6O6S. The third kappa shape index (κ3) is 4.12. The molecule has 0 amide bonds. The van der Waals surface area contributed by atoms with E-state index in [0.717, 1.165) is 0 Å². The SMILES string of the molecule is NC(CCSCNc1ncnc2c1ncn2C1OC(O)C(O)C1O)C(=O)O. The first kappa shape index (κ1) is 19.7. The Kier molecular flexibility index (Phi) is 6.08. The van der Waals surface area contributed by atoms with E-state index in [9.17, 15) is 20.1 Å². The third-order valence-corrected chi connectivity index (χ3v) is 4.95. The molecule has 0 radical (unpaired) electrons. The average Bonchev–Trinajstić information content (AvgIpc) is 3.18. The van der Waals surface area contributed by atoms with Gasteiger partial charge in [-0.1, -0.05) is 0 Å². The number of nitrogens with zero attached hydrogens (tertiary/aromatic N) is 4. The molecule has 0 spiro atoms. The highest BCUT2D eigenvalue weighted by atomic mass is 32.2. The molecule has 2 aromatic heterocycles. The highest BCUT2D eigenvalue weighted by molar-refractivity contribution is 7.99. The number of hydrogen-bond donors (Lipinski definition) is 6. The minimum Gasteiger partial charge on any atom is -0.480 e. The van der Waals surface area contributed by atoms with Crippen molar-refractivity contribution in [3.05, 3.63) is 12.7 Å². The van der Waals surface area contributed by atoms with Gasteiger partial charge in [0.05, 0.1) is 12.2 Å². The van der Waals surface area contributed by atoms with E-state index in [-0.39, 0.29) is 0 Å². The monoisotopic (exact) mass is 400 g/mol. The van der Waals surface area contributed by atoms with Crippen molar-refractivity contribution in [3.8, 4) is 0 Å². The summed E-state index contributed by atoms with van der Waals surface area (Å²) in [6.45, 7) is 0. The van der Waals surface area contributed by atoms with Gasteiger partial charge < -0.3 is 36.2 Å². The summed E-state index contributed by atoms with van der Waals surface area (Å²) in [7, 11) is 0. The molecule has 0 saturated carbocycles. The molecule has 0 aromatic carbocycles. The van der Waals surface area contributed by atoms with Crippen LogP contribution in [0.1, 0.15) is 12.6 Å². The lowest BCUT2D eigenvalue weighted by Crippen LogP contribution is -2.31. The Labute approximate surface area is 157 Å². The van der Waals surface area contributed by atoms with Gasteiger partial charge in [0.2, 0.25) is 0 Å². The van der Waals surface area contributed by atoms with Gasteiger partial charge in [-0.25, -0.2) is 15.0 Å². The number of imidazole rings is 1.